The Morgan fingerprint density at radius 3 is 2.38 bits per heavy atom. The molecule has 3 atom stereocenters. The number of alkyl carbamates (subject to hydrolysis) is 1. The third-order valence-corrected chi connectivity index (χ3v) is 9.05. The molecule has 10 nitrogen and oxygen atoms in total. The number of allylic oxidation sites excluding steroid dienone is 2. The van der Waals surface area contributed by atoms with Crippen LogP contribution in [0.4, 0.5) is 4.79 Å². The van der Waals surface area contributed by atoms with Crippen LogP contribution in [0.25, 0.3) is 11.1 Å². The van der Waals surface area contributed by atoms with Crippen molar-refractivity contribution in [3.63, 3.8) is 0 Å². The Balaban J connectivity index is 1.24. The molecule has 10 heteroatoms. The number of hydrogen-bond acceptors (Lipinski definition) is 7. The monoisotopic (exact) mass is 617 g/mol. The van der Waals surface area contributed by atoms with Crippen molar-refractivity contribution in [1.29, 1.82) is 0 Å². The summed E-state index contributed by atoms with van der Waals surface area (Å²) in [6, 6.07) is 14.8. The highest BCUT2D eigenvalue weighted by Gasteiger charge is 2.39. The molecule has 240 valence electrons. The quantitative estimate of drug-likeness (QED) is 0.271. The number of carbonyl (C=O) groups excluding carboxylic acids is 4. The van der Waals surface area contributed by atoms with E-state index in [9.17, 15) is 24.3 Å². The SMILES string of the molecule is C[C@H](CO)NC(=O)C[C@H]1CC=CCC[C@H](NC(=O)OCC2c3ccccc3-c3ccccc32)C(=O)OCC2(CCCC2)NC1=O. The number of esters is 1. The highest BCUT2D eigenvalue weighted by atomic mass is 16.6. The number of nitrogens with one attached hydrogen (secondary N) is 3. The number of cyclic esters (lactones) is 1. The third kappa shape index (κ3) is 7.92. The maximum absolute atomic E-state index is 13.4. The van der Waals surface area contributed by atoms with Gasteiger partial charge in [-0.2, -0.15) is 0 Å². The van der Waals surface area contributed by atoms with Gasteiger partial charge in [0.15, 0.2) is 0 Å². The number of fused-ring (bicyclic) bond motifs is 3. The van der Waals surface area contributed by atoms with Gasteiger partial charge in [-0.1, -0.05) is 73.5 Å². The van der Waals surface area contributed by atoms with Crippen LogP contribution < -0.4 is 16.0 Å². The van der Waals surface area contributed by atoms with E-state index < -0.39 is 35.6 Å². The van der Waals surface area contributed by atoms with E-state index in [0.29, 0.717) is 25.7 Å². The lowest BCUT2D eigenvalue weighted by Gasteiger charge is -2.32. The van der Waals surface area contributed by atoms with Gasteiger partial charge in [-0.15, -0.1) is 0 Å². The van der Waals surface area contributed by atoms with Gasteiger partial charge in [0, 0.05) is 18.4 Å². The van der Waals surface area contributed by atoms with Crippen LogP contribution in [0.3, 0.4) is 0 Å². The zero-order chi connectivity index (χ0) is 31.8. The molecule has 0 unspecified atom stereocenters. The molecule has 1 fully saturated rings. The summed E-state index contributed by atoms with van der Waals surface area (Å²) in [7, 11) is 0. The van der Waals surface area contributed by atoms with E-state index in [2.05, 4.69) is 28.1 Å². The summed E-state index contributed by atoms with van der Waals surface area (Å²) in [6.45, 7) is 1.61. The predicted molar refractivity (Wildman–Crippen MR) is 168 cm³/mol. The van der Waals surface area contributed by atoms with Gasteiger partial charge in [0.2, 0.25) is 11.8 Å². The van der Waals surface area contributed by atoms with Crippen molar-refractivity contribution in [2.45, 2.75) is 81.8 Å². The summed E-state index contributed by atoms with van der Waals surface area (Å²) in [5.74, 6) is -1.88. The molecule has 45 heavy (non-hydrogen) atoms. The lowest BCUT2D eigenvalue weighted by Crippen LogP contribution is -2.53. The number of hydrogen-bond donors (Lipinski definition) is 4. The number of ether oxygens (including phenoxy) is 2. The van der Waals surface area contributed by atoms with Crippen LogP contribution in [0.2, 0.25) is 0 Å². The maximum Gasteiger partial charge on any atom is 0.407 e. The minimum absolute atomic E-state index is 0.0195. The van der Waals surface area contributed by atoms with Gasteiger partial charge >= 0.3 is 12.1 Å². The van der Waals surface area contributed by atoms with Crippen molar-refractivity contribution >= 4 is 23.9 Å². The Morgan fingerprint density at radius 1 is 1.04 bits per heavy atom. The summed E-state index contributed by atoms with van der Waals surface area (Å²) >= 11 is 0. The van der Waals surface area contributed by atoms with Gasteiger partial charge in [0.1, 0.15) is 19.3 Å². The van der Waals surface area contributed by atoms with Gasteiger partial charge in [-0.3, -0.25) is 9.59 Å². The average Bonchev–Trinajstić information content (AvgIpc) is 3.63. The second kappa shape index (κ2) is 14.7. The molecule has 0 radical (unpaired) electrons. The van der Waals surface area contributed by atoms with Crippen LogP contribution in [0.1, 0.15) is 75.3 Å². The van der Waals surface area contributed by atoms with Crippen molar-refractivity contribution in [3.05, 3.63) is 71.8 Å². The lowest BCUT2D eigenvalue weighted by atomic mass is 9.94. The molecule has 3 aliphatic rings. The minimum atomic E-state index is -0.929. The molecule has 3 amide bonds. The normalized spacial score (nSPS) is 22.1. The Kier molecular flexibility index (Phi) is 10.5. The smallest absolute Gasteiger partial charge is 0.407 e. The summed E-state index contributed by atoms with van der Waals surface area (Å²) < 4.78 is 11.4. The molecule has 0 aromatic heterocycles. The highest BCUT2D eigenvalue weighted by molar-refractivity contribution is 5.87. The average molecular weight is 618 g/mol. The van der Waals surface area contributed by atoms with Crippen molar-refractivity contribution < 1.29 is 33.8 Å². The third-order valence-electron chi connectivity index (χ3n) is 9.05. The Hall–Kier alpha value is -4.18. The summed E-state index contributed by atoms with van der Waals surface area (Å²) in [5.41, 5.74) is 3.72. The van der Waals surface area contributed by atoms with Gasteiger partial charge in [-0.05, 0) is 61.3 Å². The predicted octanol–water partition coefficient (Wildman–Crippen LogP) is 4.11. The fourth-order valence-electron chi connectivity index (χ4n) is 6.59. The highest BCUT2D eigenvalue weighted by Crippen LogP contribution is 2.44. The maximum atomic E-state index is 13.4. The number of amides is 3. The van der Waals surface area contributed by atoms with Gasteiger partial charge in [0.25, 0.3) is 0 Å². The first-order valence-electron chi connectivity index (χ1n) is 15.9. The van der Waals surface area contributed by atoms with Crippen LogP contribution in [-0.4, -0.2) is 66.4 Å². The van der Waals surface area contributed by atoms with Crippen molar-refractivity contribution in [3.8, 4) is 11.1 Å². The van der Waals surface area contributed by atoms with Gasteiger partial charge in [0.05, 0.1) is 18.1 Å². The second-order valence-corrected chi connectivity index (χ2v) is 12.4. The van der Waals surface area contributed by atoms with Crippen molar-refractivity contribution in [1.82, 2.24) is 16.0 Å². The number of carbonyl (C=O) groups is 4. The Bertz CT molecular complexity index is 1370. The zero-order valence-electron chi connectivity index (χ0n) is 25.8. The molecule has 1 aliphatic heterocycles. The standard InChI is InChI=1S/C35H43N3O7/c1-23(20-39)36-31(40)19-24-11-3-2-4-16-30(33(42)45-22-35(38-32(24)41)17-9-10-18-35)37-34(43)44-21-29-27-14-7-5-12-25(27)26-13-6-8-15-28(26)29/h2-3,5-8,12-15,23-24,29-30,39H,4,9-11,16-22H2,1H3,(H,36,40)(H,37,43)(H,38,41)/t23-,24-,30+/m1/s1. The topological polar surface area (TPSA) is 143 Å². The summed E-state index contributed by atoms with van der Waals surface area (Å²) in [4.78, 5) is 52.3. The van der Waals surface area contributed by atoms with Crippen LogP contribution in [-0.2, 0) is 23.9 Å². The Labute approximate surface area is 263 Å². The first-order valence-corrected chi connectivity index (χ1v) is 15.9. The van der Waals surface area contributed by atoms with E-state index in [1.54, 1.807) is 6.92 Å². The molecular formula is C35H43N3O7. The molecule has 1 heterocycles. The van der Waals surface area contributed by atoms with Gasteiger partial charge < -0.3 is 30.5 Å². The molecule has 0 saturated heterocycles. The first kappa shape index (κ1) is 32.2. The van der Waals surface area contributed by atoms with Crippen LogP contribution in [0.15, 0.2) is 60.7 Å². The van der Waals surface area contributed by atoms with Crippen molar-refractivity contribution in [2.24, 2.45) is 5.92 Å². The second-order valence-electron chi connectivity index (χ2n) is 12.4. The molecule has 1 saturated carbocycles. The Morgan fingerprint density at radius 2 is 1.71 bits per heavy atom. The molecule has 2 aliphatic carbocycles. The summed E-state index contributed by atoms with van der Waals surface area (Å²) in [6.07, 6.45) is 7.06. The van der Waals surface area contributed by atoms with E-state index in [-0.39, 0.29) is 50.4 Å². The van der Waals surface area contributed by atoms with E-state index in [1.807, 2.05) is 48.6 Å². The molecule has 0 bridgehead atoms. The number of aliphatic hydroxyl groups excluding tert-OH is 1. The summed E-state index contributed by atoms with van der Waals surface area (Å²) in [5, 5.41) is 17.8. The van der Waals surface area contributed by atoms with Gasteiger partial charge in [-0.25, -0.2) is 9.59 Å². The van der Waals surface area contributed by atoms with E-state index in [4.69, 9.17) is 9.47 Å². The van der Waals surface area contributed by atoms with E-state index in [1.165, 1.54) is 0 Å². The zero-order valence-corrected chi connectivity index (χ0v) is 25.8. The fraction of sp³-hybridized carbons (Fsp3) is 0.486. The minimum Gasteiger partial charge on any atom is -0.462 e. The van der Waals surface area contributed by atoms with Crippen LogP contribution >= 0.6 is 0 Å². The number of benzene rings is 2. The molecular weight excluding hydrogens is 574 g/mol. The molecule has 5 rings (SSSR count). The number of rotatable bonds is 7. The molecule has 4 N–H and O–H groups in total. The molecule has 2 aromatic rings. The van der Waals surface area contributed by atoms with Crippen LogP contribution in [0.5, 0.6) is 0 Å². The molecule has 1 spiro atoms. The van der Waals surface area contributed by atoms with Crippen molar-refractivity contribution in [2.75, 3.05) is 19.8 Å². The number of aliphatic hydroxyl groups is 1. The van der Waals surface area contributed by atoms with E-state index >= 15 is 0 Å². The largest absolute Gasteiger partial charge is 0.462 e. The molecule has 2 aromatic carbocycles. The van der Waals surface area contributed by atoms with Crippen LogP contribution in [0, 0.1) is 5.92 Å². The lowest BCUT2D eigenvalue weighted by molar-refractivity contribution is -0.149. The van der Waals surface area contributed by atoms with E-state index in [0.717, 1.165) is 35.1 Å². The first-order chi connectivity index (χ1) is 21.8. The fourth-order valence-corrected chi connectivity index (χ4v) is 6.59.